The molecule has 2 N–H and O–H groups in total. The highest BCUT2D eigenvalue weighted by atomic mass is 32.1. The van der Waals surface area contributed by atoms with Gasteiger partial charge in [0.05, 0.1) is 0 Å². The van der Waals surface area contributed by atoms with Crippen LogP contribution in [0.5, 0.6) is 0 Å². The molecule has 1 saturated carbocycles. The van der Waals surface area contributed by atoms with Crippen molar-refractivity contribution in [3.05, 3.63) is 28.8 Å². The smallest absolute Gasteiger partial charge is 0.287 e. The van der Waals surface area contributed by atoms with E-state index >= 15 is 0 Å². The number of nitrogens with one attached hydrogen (secondary N) is 2. The molecule has 2 aromatic heterocycles. The number of carbonyl (C=O) groups excluding carboxylic acids is 1. The van der Waals surface area contributed by atoms with E-state index < -0.39 is 0 Å². The van der Waals surface area contributed by atoms with Gasteiger partial charge in [0.1, 0.15) is 5.82 Å². The Morgan fingerprint density at radius 1 is 1.60 bits per heavy atom. The first-order chi connectivity index (χ1) is 9.66. The Kier molecular flexibility index (Phi) is 3.39. The molecule has 0 atom stereocenters. The quantitative estimate of drug-likeness (QED) is 0.805. The number of aromatic amines is 1. The van der Waals surface area contributed by atoms with Gasteiger partial charge < -0.3 is 14.5 Å². The van der Waals surface area contributed by atoms with Gasteiger partial charge in [-0.05, 0) is 25.1 Å². The Morgan fingerprint density at radius 3 is 3.05 bits per heavy atom. The lowest BCUT2D eigenvalue weighted by Crippen LogP contribution is -2.28. The van der Waals surface area contributed by atoms with Crippen LogP contribution in [0.1, 0.15) is 35.3 Å². The maximum absolute atomic E-state index is 11.9. The molecular weight excluding hydrogens is 276 g/mol. The summed E-state index contributed by atoms with van der Waals surface area (Å²) in [5.41, 5.74) is 0. The van der Waals surface area contributed by atoms with Crippen LogP contribution in [0.15, 0.2) is 12.4 Å². The lowest BCUT2D eigenvalue weighted by atomic mass is 10.3. The first kappa shape index (κ1) is 13.0. The molecule has 1 fully saturated rings. The molecule has 0 radical (unpaired) electrons. The zero-order valence-corrected chi connectivity index (χ0v) is 12.0. The van der Waals surface area contributed by atoms with Crippen molar-refractivity contribution in [3.63, 3.8) is 0 Å². The van der Waals surface area contributed by atoms with E-state index in [1.54, 1.807) is 24.0 Å². The van der Waals surface area contributed by atoms with Crippen molar-refractivity contribution in [2.45, 2.75) is 25.3 Å². The Hall–Kier alpha value is -1.96. The molecular formula is C12H16N6OS. The van der Waals surface area contributed by atoms with Gasteiger partial charge in [0, 0.05) is 38.4 Å². The molecule has 0 aromatic carbocycles. The minimum Gasteiger partial charge on any atom is -0.349 e. The number of imidazole rings is 1. The highest BCUT2D eigenvalue weighted by Gasteiger charge is 2.27. The molecule has 0 bridgehead atoms. The van der Waals surface area contributed by atoms with Crippen molar-refractivity contribution in [2.75, 3.05) is 6.54 Å². The average molecular weight is 292 g/mol. The normalized spacial score (nSPS) is 14.4. The van der Waals surface area contributed by atoms with Crippen LogP contribution < -0.4 is 5.32 Å². The third kappa shape index (κ3) is 2.51. The second-order valence-corrected chi connectivity index (χ2v) is 5.30. The molecule has 8 heteroatoms. The van der Waals surface area contributed by atoms with Crippen LogP contribution in [0.4, 0.5) is 0 Å². The lowest BCUT2D eigenvalue weighted by molar-refractivity contribution is 0.0940. The van der Waals surface area contributed by atoms with E-state index in [2.05, 4.69) is 25.1 Å². The zero-order chi connectivity index (χ0) is 14.1. The summed E-state index contributed by atoms with van der Waals surface area (Å²) in [6.07, 6.45) is 6.31. The van der Waals surface area contributed by atoms with Crippen molar-refractivity contribution in [1.29, 1.82) is 0 Å². The van der Waals surface area contributed by atoms with Crippen molar-refractivity contribution >= 4 is 18.1 Å². The van der Waals surface area contributed by atoms with Gasteiger partial charge in [-0.2, -0.15) is 5.10 Å². The largest absolute Gasteiger partial charge is 0.349 e. The van der Waals surface area contributed by atoms with Crippen molar-refractivity contribution in [2.24, 2.45) is 7.05 Å². The zero-order valence-electron chi connectivity index (χ0n) is 11.2. The van der Waals surface area contributed by atoms with Gasteiger partial charge in [-0.15, -0.1) is 0 Å². The van der Waals surface area contributed by atoms with Crippen LogP contribution in [-0.4, -0.2) is 36.8 Å². The second-order valence-electron chi connectivity index (χ2n) is 4.91. The van der Waals surface area contributed by atoms with Crippen LogP contribution in [0, 0.1) is 4.77 Å². The molecule has 1 amide bonds. The van der Waals surface area contributed by atoms with Crippen LogP contribution in [0.3, 0.4) is 0 Å². The molecule has 106 valence electrons. The summed E-state index contributed by atoms with van der Waals surface area (Å²) < 4.78 is 4.41. The summed E-state index contributed by atoms with van der Waals surface area (Å²) in [6.45, 7) is 0.512. The van der Waals surface area contributed by atoms with Crippen molar-refractivity contribution < 1.29 is 4.79 Å². The van der Waals surface area contributed by atoms with Crippen LogP contribution in [-0.2, 0) is 13.5 Å². The average Bonchev–Trinajstić information content (AvgIpc) is 3.06. The van der Waals surface area contributed by atoms with Gasteiger partial charge in [0.15, 0.2) is 10.6 Å². The molecule has 0 aliphatic heterocycles. The first-order valence-electron chi connectivity index (χ1n) is 6.58. The molecule has 3 rings (SSSR count). The third-order valence-corrected chi connectivity index (χ3v) is 3.64. The van der Waals surface area contributed by atoms with Gasteiger partial charge >= 0.3 is 0 Å². The predicted molar refractivity (Wildman–Crippen MR) is 74.9 cm³/mol. The number of rotatable bonds is 5. The summed E-state index contributed by atoms with van der Waals surface area (Å²) in [5, 5.41) is 9.89. The number of H-pyrrole nitrogens is 1. The molecule has 1 aliphatic carbocycles. The van der Waals surface area contributed by atoms with E-state index in [4.69, 9.17) is 12.2 Å². The lowest BCUT2D eigenvalue weighted by Gasteiger charge is -2.06. The summed E-state index contributed by atoms with van der Waals surface area (Å²) in [5.74, 6) is 1.13. The van der Waals surface area contributed by atoms with E-state index in [-0.39, 0.29) is 5.91 Å². The number of aromatic nitrogens is 5. The summed E-state index contributed by atoms with van der Waals surface area (Å²) in [7, 11) is 1.79. The third-order valence-electron chi connectivity index (χ3n) is 3.35. The van der Waals surface area contributed by atoms with E-state index in [0.29, 0.717) is 29.6 Å². The molecule has 20 heavy (non-hydrogen) atoms. The number of carbonyl (C=O) groups is 1. The van der Waals surface area contributed by atoms with Gasteiger partial charge in [-0.25, -0.2) is 4.98 Å². The minimum absolute atomic E-state index is 0.176. The molecule has 2 aromatic rings. The number of amides is 1. The minimum atomic E-state index is -0.176. The maximum Gasteiger partial charge on any atom is 0.287 e. The highest BCUT2D eigenvalue weighted by Crippen LogP contribution is 2.35. The van der Waals surface area contributed by atoms with Gasteiger partial charge in [0.25, 0.3) is 5.91 Å². The van der Waals surface area contributed by atoms with Gasteiger partial charge in [-0.1, -0.05) is 0 Å². The Labute approximate surface area is 121 Å². The Morgan fingerprint density at radius 2 is 2.40 bits per heavy atom. The van der Waals surface area contributed by atoms with Crippen LogP contribution in [0.25, 0.3) is 0 Å². The van der Waals surface area contributed by atoms with Gasteiger partial charge in [-0.3, -0.25) is 9.89 Å². The summed E-state index contributed by atoms with van der Waals surface area (Å²) in [4.78, 5) is 15.9. The maximum atomic E-state index is 11.9. The number of nitrogens with zero attached hydrogens (tertiary/aromatic N) is 4. The summed E-state index contributed by atoms with van der Waals surface area (Å²) in [6, 6.07) is 0.487. The Balaban J connectivity index is 1.59. The van der Waals surface area contributed by atoms with E-state index in [1.807, 2.05) is 0 Å². The Bertz CT molecular complexity index is 680. The van der Waals surface area contributed by atoms with Crippen molar-refractivity contribution in [1.82, 2.24) is 29.6 Å². The molecule has 2 heterocycles. The molecule has 0 saturated heterocycles. The SMILES string of the molecule is Cn1ccnc1C(=O)NCCc1n[nH]c(=S)n1C1CC1. The fourth-order valence-corrected chi connectivity index (χ4v) is 2.47. The van der Waals surface area contributed by atoms with Crippen molar-refractivity contribution in [3.8, 4) is 0 Å². The number of hydrogen-bond acceptors (Lipinski definition) is 4. The number of hydrogen-bond donors (Lipinski definition) is 2. The molecule has 7 nitrogen and oxygen atoms in total. The molecule has 0 spiro atoms. The first-order valence-corrected chi connectivity index (χ1v) is 6.99. The van der Waals surface area contributed by atoms with E-state index in [9.17, 15) is 4.79 Å². The molecule has 0 unspecified atom stereocenters. The topological polar surface area (TPSA) is 80.5 Å². The fraction of sp³-hybridized carbons (Fsp3) is 0.500. The molecule has 1 aliphatic rings. The van der Waals surface area contributed by atoms with Crippen LogP contribution >= 0.6 is 12.2 Å². The number of aryl methyl sites for hydroxylation is 1. The predicted octanol–water partition coefficient (Wildman–Crippen LogP) is 0.982. The highest BCUT2D eigenvalue weighted by molar-refractivity contribution is 7.71. The summed E-state index contributed by atoms with van der Waals surface area (Å²) >= 11 is 5.22. The van der Waals surface area contributed by atoms with E-state index in [0.717, 1.165) is 18.7 Å². The second kappa shape index (κ2) is 5.20. The van der Waals surface area contributed by atoms with E-state index in [1.165, 1.54) is 0 Å². The standard InChI is InChI=1S/C12H16N6OS/c1-17-7-6-13-10(17)11(19)14-5-4-9-15-16-12(20)18(9)8-2-3-8/h6-8H,2-5H2,1H3,(H,14,19)(H,16,20). The fourth-order valence-electron chi connectivity index (χ4n) is 2.17. The van der Waals surface area contributed by atoms with Crippen LogP contribution in [0.2, 0.25) is 0 Å². The monoisotopic (exact) mass is 292 g/mol. The van der Waals surface area contributed by atoms with Gasteiger partial charge in [0.2, 0.25) is 0 Å².